The molecule has 1 fully saturated rings. The van der Waals surface area contributed by atoms with Crippen LogP contribution in [0, 0.1) is 0 Å². The Hall–Kier alpha value is -1.84. The molecule has 1 atom stereocenters. The van der Waals surface area contributed by atoms with E-state index in [1.165, 1.54) is 11.2 Å². The molecular weight excluding hydrogens is 384 g/mol. The van der Waals surface area contributed by atoms with Crippen LogP contribution in [0.2, 0.25) is 19.6 Å². The summed E-state index contributed by atoms with van der Waals surface area (Å²) in [5.41, 5.74) is 1.89. The summed E-state index contributed by atoms with van der Waals surface area (Å²) in [6, 6.07) is 4.83. The van der Waals surface area contributed by atoms with Crippen molar-refractivity contribution in [2.45, 2.75) is 37.0 Å². The molecule has 0 saturated carbocycles. The van der Waals surface area contributed by atoms with Gasteiger partial charge in [-0.3, -0.25) is 0 Å². The maximum Gasteiger partial charge on any atom is 0.407 e. The molecule has 2 aromatic rings. The highest BCUT2D eigenvalue weighted by atomic mass is 32.2. The van der Waals surface area contributed by atoms with Crippen molar-refractivity contribution in [3.8, 4) is 0 Å². The molecule has 9 heteroatoms. The standard InChI is InChI=1S/C18H26N2O5SSi/c1-26(23,24)13-5-6-16-14(10-13)15(17(19-16)27(2,3)4)9-12-11-25-8-7-20(12)18(21)22/h5-6,10,12,19H,7-9,11H2,1-4H3,(H,21,22)/t12-/m0/s1. The van der Waals surface area contributed by atoms with Gasteiger partial charge in [0.25, 0.3) is 0 Å². The van der Waals surface area contributed by atoms with Gasteiger partial charge in [0.15, 0.2) is 9.84 Å². The number of carbonyl (C=O) groups is 1. The smallest absolute Gasteiger partial charge is 0.407 e. The van der Waals surface area contributed by atoms with E-state index >= 15 is 0 Å². The Morgan fingerprint density at radius 3 is 2.67 bits per heavy atom. The highest BCUT2D eigenvalue weighted by Gasteiger charge is 2.31. The van der Waals surface area contributed by atoms with Crippen LogP contribution >= 0.6 is 0 Å². The summed E-state index contributed by atoms with van der Waals surface area (Å²) in [7, 11) is -5.10. The number of aromatic nitrogens is 1. The summed E-state index contributed by atoms with van der Waals surface area (Å²) < 4.78 is 29.6. The van der Waals surface area contributed by atoms with Crippen molar-refractivity contribution in [2.24, 2.45) is 0 Å². The molecule has 1 aliphatic heterocycles. The second kappa shape index (κ2) is 6.96. The first-order valence-corrected chi connectivity index (χ1v) is 14.3. The van der Waals surface area contributed by atoms with Crippen molar-refractivity contribution in [2.75, 3.05) is 26.0 Å². The summed E-state index contributed by atoms with van der Waals surface area (Å²) in [4.78, 5) is 16.8. The Balaban J connectivity index is 2.14. The highest BCUT2D eigenvalue weighted by Crippen LogP contribution is 2.26. The van der Waals surface area contributed by atoms with E-state index in [0.717, 1.165) is 21.8 Å². The minimum atomic E-state index is -3.33. The first-order chi connectivity index (χ1) is 12.5. The molecule has 1 aromatic heterocycles. The second-order valence-corrected chi connectivity index (χ2v) is 15.1. The summed E-state index contributed by atoms with van der Waals surface area (Å²) in [6.45, 7) is 7.73. The Labute approximate surface area is 160 Å². The third kappa shape index (κ3) is 4.04. The van der Waals surface area contributed by atoms with Crippen molar-refractivity contribution in [3.05, 3.63) is 23.8 Å². The first-order valence-electron chi connectivity index (χ1n) is 8.91. The molecular formula is C18H26N2O5SSi. The van der Waals surface area contributed by atoms with Gasteiger partial charge < -0.3 is 19.7 Å². The summed E-state index contributed by atoms with van der Waals surface area (Å²) in [6.07, 6.45) is 0.745. The van der Waals surface area contributed by atoms with Crippen LogP contribution in [0.3, 0.4) is 0 Å². The number of ether oxygens (including phenoxy) is 1. The molecule has 0 radical (unpaired) electrons. The SMILES string of the molecule is C[Si](C)(C)c1[nH]c2ccc(S(C)(=O)=O)cc2c1C[C@H]1COCCN1C(=O)O. The lowest BCUT2D eigenvalue weighted by Gasteiger charge is -2.34. The van der Waals surface area contributed by atoms with Crippen LogP contribution in [0.4, 0.5) is 4.79 Å². The number of rotatable bonds is 4. The Kier molecular flexibility index (Phi) is 5.13. The zero-order chi connectivity index (χ0) is 20.0. The van der Waals surface area contributed by atoms with E-state index in [-0.39, 0.29) is 10.9 Å². The summed E-state index contributed by atoms with van der Waals surface area (Å²) in [5, 5.41) is 11.5. The van der Waals surface area contributed by atoms with E-state index in [2.05, 4.69) is 24.6 Å². The molecule has 27 heavy (non-hydrogen) atoms. The number of hydrogen-bond donors (Lipinski definition) is 2. The van der Waals surface area contributed by atoms with Crippen molar-refractivity contribution in [3.63, 3.8) is 0 Å². The molecule has 1 aromatic carbocycles. The topological polar surface area (TPSA) is 99.7 Å². The van der Waals surface area contributed by atoms with Crippen LogP contribution in [0.25, 0.3) is 10.9 Å². The van der Waals surface area contributed by atoms with E-state index < -0.39 is 24.0 Å². The highest BCUT2D eigenvalue weighted by molar-refractivity contribution is 7.90. The van der Waals surface area contributed by atoms with Crippen molar-refractivity contribution < 1.29 is 23.1 Å². The van der Waals surface area contributed by atoms with Crippen LogP contribution in [-0.2, 0) is 21.0 Å². The number of nitrogens with one attached hydrogen (secondary N) is 1. The van der Waals surface area contributed by atoms with Gasteiger partial charge in [-0.15, -0.1) is 0 Å². The maximum absolute atomic E-state index is 12.0. The zero-order valence-electron chi connectivity index (χ0n) is 16.1. The van der Waals surface area contributed by atoms with Gasteiger partial charge in [-0.05, 0) is 30.2 Å². The van der Waals surface area contributed by atoms with Crippen molar-refractivity contribution >= 4 is 40.2 Å². The van der Waals surface area contributed by atoms with Gasteiger partial charge in [-0.25, -0.2) is 13.2 Å². The van der Waals surface area contributed by atoms with Gasteiger partial charge in [0.1, 0.15) is 0 Å². The number of amides is 1. The minimum absolute atomic E-state index is 0.271. The molecule has 0 unspecified atom stereocenters. The van der Waals surface area contributed by atoms with E-state index in [1.807, 2.05) is 0 Å². The largest absolute Gasteiger partial charge is 0.465 e. The van der Waals surface area contributed by atoms with Crippen molar-refractivity contribution in [1.82, 2.24) is 9.88 Å². The molecule has 148 valence electrons. The normalized spacial score (nSPS) is 18.8. The summed E-state index contributed by atoms with van der Waals surface area (Å²) in [5.74, 6) is 0. The monoisotopic (exact) mass is 410 g/mol. The lowest BCUT2D eigenvalue weighted by atomic mass is 10.0. The fraction of sp³-hybridized carbons (Fsp3) is 0.500. The van der Waals surface area contributed by atoms with Gasteiger partial charge in [0.2, 0.25) is 0 Å². The van der Waals surface area contributed by atoms with E-state index in [4.69, 9.17) is 4.74 Å². The first kappa shape index (κ1) is 19.9. The molecule has 1 amide bonds. The average Bonchev–Trinajstić information content (AvgIpc) is 2.92. The van der Waals surface area contributed by atoms with E-state index in [0.29, 0.717) is 26.2 Å². The Bertz CT molecular complexity index is 978. The van der Waals surface area contributed by atoms with Gasteiger partial charge in [0.05, 0.1) is 32.2 Å². The minimum Gasteiger partial charge on any atom is -0.465 e. The molecule has 1 saturated heterocycles. The average molecular weight is 411 g/mol. The number of carboxylic acid groups (broad SMARTS) is 1. The van der Waals surface area contributed by atoms with Crippen LogP contribution in [0.5, 0.6) is 0 Å². The number of morpholine rings is 1. The lowest BCUT2D eigenvalue weighted by molar-refractivity contribution is 0.000442. The van der Waals surface area contributed by atoms with Crippen molar-refractivity contribution in [1.29, 1.82) is 0 Å². The third-order valence-corrected chi connectivity index (χ3v) is 8.01. The zero-order valence-corrected chi connectivity index (χ0v) is 17.9. The van der Waals surface area contributed by atoms with Crippen LogP contribution in [-0.4, -0.2) is 69.6 Å². The number of benzene rings is 1. The molecule has 0 spiro atoms. The van der Waals surface area contributed by atoms with Gasteiger partial charge in [-0.1, -0.05) is 19.6 Å². The molecule has 7 nitrogen and oxygen atoms in total. The van der Waals surface area contributed by atoms with Crippen LogP contribution in [0.1, 0.15) is 5.56 Å². The van der Waals surface area contributed by atoms with Gasteiger partial charge >= 0.3 is 6.09 Å². The fourth-order valence-electron chi connectivity index (χ4n) is 3.62. The van der Waals surface area contributed by atoms with Gasteiger partial charge in [-0.2, -0.15) is 0 Å². The molecule has 2 N–H and O–H groups in total. The molecule has 2 heterocycles. The van der Waals surface area contributed by atoms with Gasteiger partial charge in [0, 0.05) is 29.0 Å². The fourth-order valence-corrected chi connectivity index (χ4v) is 5.92. The van der Waals surface area contributed by atoms with E-state index in [9.17, 15) is 18.3 Å². The number of sulfone groups is 1. The van der Waals surface area contributed by atoms with E-state index in [1.54, 1.807) is 18.2 Å². The Morgan fingerprint density at radius 2 is 2.07 bits per heavy atom. The second-order valence-electron chi connectivity index (χ2n) is 8.12. The van der Waals surface area contributed by atoms with Crippen LogP contribution < -0.4 is 5.32 Å². The maximum atomic E-state index is 12.0. The lowest BCUT2D eigenvalue weighted by Crippen LogP contribution is -2.50. The molecule has 0 aliphatic carbocycles. The number of fused-ring (bicyclic) bond motifs is 1. The molecule has 1 aliphatic rings. The van der Waals surface area contributed by atoms with Crippen LogP contribution in [0.15, 0.2) is 23.1 Å². The predicted molar refractivity (Wildman–Crippen MR) is 107 cm³/mol. The number of hydrogen-bond acceptors (Lipinski definition) is 4. The number of nitrogens with zero attached hydrogens (tertiary/aromatic N) is 1. The Morgan fingerprint density at radius 1 is 1.37 bits per heavy atom. The molecule has 3 rings (SSSR count). The number of H-pyrrole nitrogens is 1. The summed E-state index contributed by atoms with van der Waals surface area (Å²) >= 11 is 0. The predicted octanol–water partition coefficient (Wildman–Crippen LogP) is 2.04. The molecule has 0 bridgehead atoms. The quantitative estimate of drug-likeness (QED) is 0.752. The third-order valence-electron chi connectivity index (χ3n) is 4.97. The number of aromatic amines is 1.